The smallest absolute Gasteiger partial charge is 0.285 e. The molecule has 1 fully saturated rings. The average Bonchev–Trinajstić information content (AvgIpc) is 3.00. The van der Waals surface area contributed by atoms with Gasteiger partial charge in [-0.3, -0.25) is 15.0 Å². The highest BCUT2D eigenvalue weighted by Crippen LogP contribution is 2.39. The van der Waals surface area contributed by atoms with E-state index < -0.39 is 11.8 Å². The van der Waals surface area contributed by atoms with Gasteiger partial charge in [-0.1, -0.05) is 51.8 Å². The molecular weight excluding hydrogens is 488 g/mol. The summed E-state index contributed by atoms with van der Waals surface area (Å²) in [6.07, 6.45) is 6.92. The van der Waals surface area contributed by atoms with Gasteiger partial charge in [0.2, 0.25) is 0 Å². The summed E-state index contributed by atoms with van der Waals surface area (Å²) in [5.74, 6) is 2.38. The number of hydrogen-bond acceptors (Lipinski definition) is 6. The first-order chi connectivity index (χ1) is 14.4. The molecule has 2 amide bonds. The molecular formula is C21H15BrN2O4S2. The molecule has 0 radical (unpaired) electrons. The highest BCUT2D eigenvalue weighted by Gasteiger charge is 2.34. The average molecular weight is 503 g/mol. The van der Waals surface area contributed by atoms with Gasteiger partial charge in [0, 0.05) is 15.6 Å². The molecule has 30 heavy (non-hydrogen) atoms. The number of nitrogens with zero attached hydrogens (tertiary/aromatic N) is 1. The molecule has 1 heterocycles. The zero-order valence-electron chi connectivity index (χ0n) is 15.7. The summed E-state index contributed by atoms with van der Waals surface area (Å²) in [5.41, 5.74) is 3.53. The Morgan fingerprint density at radius 3 is 2.77 bits per heavy atom. The second kappa shape index (κ2) is 9.80. The number of halogens is 1. The molecule has 2 aromatic rings. The van der Waals surface area contributed by atoms with Crippen LogP contribution in [0.4, 0.5) is 0 Å². The second-order valence-corrected chi connectivity index (χ2v) is 8.43. The van der Waals surface area contributed by atoms with Crippen LogP contribution in [0, 0.1) is 12.3 Å². The Morgan fingerprint density at radius 1 is 1.37 bits per heavy atom. The van der Waals surface area contributed by atoms with Crippen molar-refractivity contribution in [2.75, 3.05) is 13.7 Å². The van der Waals surface area contributed by atoms with Crippen molar-refractivity contribution in [3.8, 4) is 23.8 Å². The Kier molecular flexibility index (Phi) is 7.15. The fourth-order valence-electron chi connectivity index (χ4n) is 2.58. The zero-order chi connectivity index (χ0) is 21.7. The van der Waals surface area contributed by atoms with Crippen LogP contribution in [0.15, 0.2) is 51.8 Å². The van der Waals surface area contributed by atoms with Crippen molar-refractivity contribution in [1.82, 2.24) is 10.4 Å². The van der Waals surface area contributed by atoms with Crippen LogP contribution in [0.2, 0.25) is 0 Å². The number of methoxy groups -OCH3 is 1. The van der Waals surface area contributed by atoms with Crippen LogP contribution < -0.4 is 14.9 Å². The van der Waals surface area contributed by atoms with Crippen LogP contribution in [0.5, 0.6) is 11.5 Å². The van der Waals surface area contributed by atoms with Crippen molar-refractivity contribution in [1.29, 1.82) is 0 Å². The summed E-state index contributed by atoms with van der Waals surface area (Å²) < 4.78 is 11.9. The number of carbonyl (C=O) groups excluding carboxylic acids is 2. The molecule has 3 rings (SSSR count). The molecule has 1 aliphatic rings. The van der Waals surface area contributed by atoms with Gasteiger partial charge in [0.15, 0.2) is 15.8 Å². The number of thiocarbonyl (C=S) groups is 1. The lowest BCUT2D eigenvalue weighted by Gasteiger charge is -2.15. The maximum atomic E-state index is 12.9. The number of ether oxygens (including phenoxy) is 2. The molecule has 0 bridgehead atoms. The minimum atomic E-state index is -0.448. The quantitative estimate of drug-likeness (QED) is 0.365. The number of nitrogens with one attached hydrogen (secondary N) is 1. The van der Waals surface area contributed by atoms with E-state index in [1.807, 2.05) is 0 Å². The van der Waals surface area contributed by atoms with E-state index in [4.69, 9.17) is 28.1 Å². The molecule has 0 unspecified atom stereocenters. The molecule has 1 aliphatic heterocycles. The molecule has 1 N–H and O–H groups in total. The summed E-state index contributed by atoms with van der Waals surface area (Å²) in [4.78, 5) is 25.6. The van der Waals surface area contributed by atoms with Crippen molar-refractivity contribution in [3.63, 3.8) is 0 Å². The number of hydrazine groups is 1. The van der Waals surface area contributed by atoms with Gasteiger partial charge >= 0.3 is 0 Å². The third-order valence-corrected chi connectivity index (χ3v) is 5.66. The van der Waals surface area contributed by atoms with Crippen LogP contribution in [0.1, 0.15) is 15.9 Å². The van der Waals surface area contributed by atoms with Crippen LogP contribution in [-0.4, -0.2) is 34.9 Å². The molecule has 9 heteroatoms. The predicted octanol–water partition coefficient (Wildman–Crippen LogP) is 4.02. The fourth-order valence-corrected chi connectivity index (χ4v) is 4.20. The molecule has 152 valence electrons. The number of benzene rings is 2. The summed E-state index contributed by atoms with van der Waals surface area (Å²) >= 11 is 9.76. The Morgan fingerprint density at radius 2 is 2.10 bits per heavy atom. The number of thioether (sulfide) groups is 1. The van der Waals surface area contributed by atoms with E-state index in [1.165, 1.54) is 7.11 Å². The number of terminal acetylenes is 1. The van der Waals surface area contributed by atoms with Crippen molar-refractivity contribution in [2.24, 2.45) is 0 Å². The lowest BCUT2D eigenvalue weighted by molar-refractivity contribution is -0.123. The molecule has 0 aromatic heterocycles. The molecule has 2 aromatic carbocycles. The van der Waals surface area contributed by atoms with Crippen molar-refractivity contribution in [2.45, 2.75) is 0 Å². The zero-order valence-corrected chi connectivity index (χ0v) is 18.9. The summed E-state index contributed by atoms with van der Waals surface area (Å²) in [7, 11) is 1.51. The van der Waals surface area contributed by atoms with Gasteiger partial charge in [-0.25, -0.2) is 0 Å². The van der Waals surface area contributed by atoms with Crippen molar-refractivity contribution < 1.29 is 19.1 Å². The summed E-state index contributed by atoms with van der Waals surface area (Å²) in [5, 5.41) is 1.05. The minimum Gasteiger partial charge on any atom is -0.493 e. The maximum Gasteiger partial charge on any atom is 0.285 e. The number of hydrogen-bond donors (Lipinski definition) is 1. The van der Waals surface area contributed by atoms with Crippen LogP contribution in [-0.2, 0) is 4.79 Å². The maximum absolute atomic E-state index is 12.9. The van der Waals surface area contributed by atoms with E-state index in [0.29, 0.717) is 27.5 Å². The largest absolute Gasteiger partial charge is 0.493 e. The molecule has 6 nitrogen and oxygen atoms in total. The third-order valence-electron chi connectivity index (χ3n) is 3.90. The topological polar surface area (TPSA) is 67.9 Å². The van der Waals surface area contributed by atoms with Crippen LogP contribution in [0.3, 0.4) is 0 Å². The highest BCUT2D eigenvalue weighted by atomic mass is 79.9. The van der Waals surface area contributed by atoms with E-state index in [0.717, 1.165) is 21.2 Å². The molecule has 0 spiro atoms. The van der Waals surface area contributed by atoms with E-state index >= 15 is 0 Å². The third kappa shape index (κ3) is 4.84. The summed E-state index contributed by atoms with van der Waals surface area (Å²) in [6.45, 7) is 0.0346. The van der Waals surface area contributed by atoms with E-state index in [9.17, 15) is 9.59 Å². The van der Waals surface area contributed by atoms with Crippen LogP contribution in [0.25, 0.3) is 6.08 Å². The molecule has 1 saturated heterocycles. The second-order valence-electron chi connectivity index (χ2n) is 5.84. The van der Waals surface area contributed by atoms with E-state index in [1.54, 1.807) is 48.5 Å². The monoisotopic (exact) mass is 502 g/mol. The first-order valence-electron chi connectivity index (χ1n) is 8.52. The lowest BCUT2D eigenvalue weighted by atomic mass is 10.1. The Labute approximate surface area is 191 Å². The van der Waals surface area contributed by atoms with Gasteiger partial charge in [0.05, 0.1) is 12.0 Å². The predicted molar refractivity (Wildman–Crippen MR) is 124 cm³/mol. The summed E-state index contributed by atoms with van der Waals surface area (Å²) in [6, 6.07) is 12.1. The standard InChI is InChI=1S/C21H15BrN2O4S2/c1-3-9-28-18-14(10-15(22)12-16(18)27-2)11-17-20(26)24(21(29)30-17)23-19(25)13-7-5-4-6-8-13/h1,4-8,10-12H,9H2,2H3,(H,23,25). The number of amides is 2. The van der Waals surface area contributed by atoms with Gasteiger partial charge in [-0.2, -0.15) is 5.01 Å². The SMILES string of the molecule is C#CCOc1c(C=C2SC(=S)N(NC(=O)c3ccccc3)C2=O)cc(Br)cc1OC. The van der Waals surface area contributed by atoms with E-state index in [2.05, 4.69) is 27.3 Å². The van der Waals surface area contributed by atoms with Crippen molar-refractivity contribution in [3.05, 3.63) is 63.0 Å². The van der Waals surface area contributed by atoms with E-state index in [-0.39, 0.29) is 10.9 Å². The minimum absolute atomic E-state index is 0.0346. The molecule has 0 saturated carbocycles. The van der Waals surface area contributed by atoms with Gasteiger partial charge < -0.3 is 9.47 Å². The van der Waals surface area contributed by atoms with Crippen molar-refractivity contribution >= 4 is 62.1 Å². The van der Waals surface area contributed by atoms with Crippen LogP contribution >= 0.6 is 39.9 Å². The normalized spacial score (nSPS) is 14.6. The Hall–Kier alpha value is -2.80. The van der Waals surface area contributed by atoms with Gasteiger partial charge in [0.1, 0.15) is 6.61 Å². The number of rotatable bonds is 6. The van der Waals surface area contributed by atoms with Gasteiger partial charge in [-0.15, -0.1) is 6.42 Å². The molecule has 0 aliphatic carbocycles. The highest BCUT2D eigenvalue weighted by molar-refractivity contribution is 9.10. The Balaban J connectivity index is 1.89. The Bertz CT molecular complexity index is 1080. The molecule has 0 atom stereocenters. The fraction of sp³-hybridized carbons (Fsp3) is 0.0952. The first kappa shape index (κ1) is 21.9. The number of carbonyl (C=O) groups is 2. The van der Waals surface area contributed by atoms with Gasteiger partial charge in [0.25, 0.3) is 11.8 Å². The van der Waals surface area contributed by atoms with Gasteiger partial charge in [-0.05, 0) is 42.6 Å². The lowest BCUT2D eigenvalue weighted by Crippen LogP contribution is -2.44. The first-order valence-corrected chi connectivity index (χ1v) is 10.5.